The van der Waals surface area contributed by atoms with Gasteiger partial charge in [0.2, 0.25) is 0 Å². The van der Waals surface area contributed by atoms with Gasteiger partial charge in [-0.05, 0) is 34.1 Å². The van der Waals surface area contributed by atoms with Gasteiger partial charge >= 0.3 is 0 Å². The number of phenols is 1. The molecular weight excluding hydrogens is 322 g/mol. The largest absolute Gasteiger partial charge is 0.507 e. The van der Waals surface area contributed by atoms with Gasteiger partial charge in [-0.15, -0.1) is 0 Å². The molecule has 0 saturated heterocycles. The van der Waals surface area contributed by atoms with E-state index >= 15 is 0 Å². The Morgan fingerprint density at radius 1 is 1.25 bits per heavy atom. The number of carbonyl (C=O) groups is 1. The Morgan fingerprint density at radius 2 is 2.00 bits per heavy atom. The molecule has 0 bridgehead atoms. The fraction of sp³-hybridized carbons (Fsp3) is 0. The maximum absolute atomic E-state index is 11.9. The second-order valence-corrected chi connectivity index (χ2v) is 4.88. The third kappa shape index (κ3) is 3.36. The number of para-hydroxylation sites is 1. The number of benzene rings is 1. The van der Waals surface area contributed by atoms with Crippen molar-refractivity contribution in [2.45, 2.75) is 0 Å². The number of hydrogen-bond donors (Lipinski definition) is 3. The first-order chi connectivity index (χ1) is 9.58. The number of pyridine rings is 1. The summed E-state index contributed by atoms with van der Waals surface area (Å²) in [6, 6.07) is 8.35. The Kier molecular flexibility index (Phi) is 4.37. The molecule has 0 aliphatic heterocycles. The molecule has 0 aliphatic rings. The van der Waals surface area contributed by atoms with E-state index < -0.39 is 0 Å². The van der Waals surface area contributed by atoms with E-state index in [1.165, 1.54) is 6.20 Å². The second kappa shape index (κ2) is 6.21. The SMILES string of the molecule is C=C(NNC(=O)c1cncc(Br)c1)c1ccccc1O. The molecule has 1 aromatic heterocycles. The number of aromatic hydroxyl groups is 1. The number of nitrogens with zero attached hydrogens (tertiary/aromatic N) is 1. The summed E-state index contributed by atoms with van der Waals surface area (Å²) in [4.78, 5) is 15.8. The summed E-state index contributed by atoms with van der Waals surface area (Å²) >= 11 is 3.24. The highest BCUT2D eigenvalue weighted by atomic mass is 79.9. The first-order valence-corrected chi connectivity index (χ1v) is 6.51. The molecule has 1 heterocycles. The quantitative estimate of drug-likeness (QED) is 0.751. The standard InChI is InChI=1S/C14H12BrN3O2/c1-9(12-4-2-3-5-13(12)19)17-18-14(20)10-6-11(15)8-16-7-10/h2-8,17,19H,1H2,(H,18,20). The maximum Gasteiger partial charge on any atom is 0.271 e. The van der Waals surface area contributed by atoms with Crippen molar-refractivity contribution in [2.24, 2.45) is 0 Å². The van der Waals surface area contributed by atoms with Crippen LogP contribution in [0.1, 0.15) is 15.9 Å². The summed E-state index contributed by atoms with van der Waals surface area (Å²) in [5, 5.41) is 9.67. The van der Waals surface area contributed by atoms with Gasteiger partial charge in [0, 0.05) is 22.4 Å². The highest BCUT2D eigenvalue weighted by Gasteiger charge is 2.08. The zero-order valence-electron chi connectivity index (χ0n) is 10.4. The predicted molar refractivity (Wildman–Crippen MR) is 79.7 cm³/mol. The maximum atomic E-state index is 11.9. The Labute approximate surface area is 124 Å². The molecule has 2 aromatic rings. The van der Waals surface area contributed by atoms with Crippen LogP contribution in [0.25, 0.3) is 5.70 Å². The molecule has 1 aromatic carbocycles. The van der Waals surface area contributed by atoms with E-state index in [2.05, 4.69) is 38.3 Å². The van der Waals surface area contributed by atoms with E-state index in [4.69, 9.17) is 0 Å². The lowest BCUT2D eigenvalue weighted by Gasteiger charge is -2.12. The third-order valence-corrected chi connectivity index (χ3v) is 2.96. The van der Waals surface area contributed by atoms with Crippen LogP contribution in [-0.4, -0.2) is 16.0 Å². The van der Waals surface area contributed by atoms with Gasteiger partial charge in [-0.2, -0.15) is 0 Å². The van der Waals surface area contributed by atoms with Crippen LogP contribution in [0.3, 0.4) is 0 Å². The van der Waals surface area contributed by atoms with Crippen molar-refractivity contribution in [1.29, 1.82) is 0 Å². The molecule has 0 saturated carbocycles. The van der Waals surface area contributed by atoms with E-state index in [1.54, 1.807) is 36.5 Å². The molecule has 0 atom stereocenters. The van der Waals surface area contributed by atoms with Crippen molar-refractivity contribution in [3.63, 3.8) is 0 Å². The predicted octanol–water partition coefficient (Wildman–Crippen LogP) is 2.46. The number of hydrogen-bond acceptors (Lipinski definition) is 4. The number of amides is 1. The first-order valence-electron chi connectivity index (χ1n) is 5.72. The molecular formula is C14H12BrN3O2. The van der Waals surface area contributed by atoms with Gasteiger partial charge < -0.3 is 5.11 Å². The van der Waals surface area contributed by atoms with Gasteiger partial charge in [0.15, 0.2) is 0 Å². The topological polar surface area (TPSA) is 74.2 Å². The average molecular weight is 334 g/mol. The van der Waals surface area contributed by atoms with Crippen molar-refractivity contribution < 1.29 is 9.90 Å². The number of halogens is 1. The van der Waals surface area contributed by atoms with Crippen LogP contribution in [0.5, 0.6) is 5.75 Å². The van der Waals surface area contributed by atoms with Gasteiger partial charge in [-0.3, -0.25) is 20.6 Å². The minimum atomic E-state index is -0.352. The third-order valence-electron chi connectivity index (χ3n) is 2.52. The van der Waals surface area contributed by atoms with E-state index in [9.17, 15) is 9.90 Å². The summed E-state index contributed by atoms with van der Waals surface area (Å²) in [5.74, 6) is -0.265. The van der Waals surface area contributed by atoms with Crippen LogP contribution in [0, 0.1) is 0 Å². The summed E-state index contributed by atoms with van der Waals surface area (Å²) in [6.07, 6.45) is 3.04. The number of hydrazine groups is 1. The van der Waals surface area contributed by atoms with Gasteiger partial charge in [-0.1, -0.05) is 18.7 Å². The Bertz CT molecular complexity index is 658. The number of carbonyl (C=O) groups excluding carboxylic acids is 1. The smallest absolute Gasteiger partial charge is 0.271 e. The van der Waals surface area contributed by atoms with E-state index in [0.29, 0.717) is 21.3 Å². The lowest BCUT2D eigenvalue weighted by Crippen LogP contribution is -2.35. The van der Waals surface area contributed by atoms with Crippen molar-refractivity contribution in [2.75, 3.05) is 0 Å². The molecule has 0 fully saturated rings. The molecule has 0 radical (unpaired) electrons. The molecule has 5 nitrogen and oxygen atoms in total. The Balaban J connectivity index is 2.01. The second-order valence-electron chi connectivity index (χ2n) is 3.97. The normalized spacial score (nSPS) is 9.85. The van der Waals surface area contributed by atoms with Gasteiger partial charge in [-0.25, -0.2) is 0 Å². The van der Waals surface area contributed by atoms with Crippen LogP contribution in [0.4, 0.5) is 0 Å². The first kappa shape index (κ1) is 14.1. The number of rotatable bonds is 4. The van der Waals surface area contributed by atoms with Crippen LogP contribution < -0.4 is 10.9 Å². The molecule has 2 rings (SSSR count). The highest BCUT2D eigenvalue weighted by Crippen LogP contribution is 2.20. The van der Waals surface area contributed by atoms with Gasteiger partial charge in [0.1, 0.15) is 5.75 Å². The lowest BCUT2D eigenvalue weighted by atomic mass is 10.1. The van der Waals surface area contributed by atoms with Crippen molar-refractivity contribution >= 4 is 27.5 Å². The fourth-order valence-corrected chi connectivity index (χ4v) is 1.90. The summed E-state index contributed by atoms with van der Waals surface area (Å²) in [5.41, 5.74) is 6.45. The van der Waals surface area contributed by atoms with Crippen molar-refractivity contribution in [3.8, 4) is 5.75 Å². The molecule has 0 spiro atoms. The summed E-state index contributed by atoms with van der Waals surface area (Å²) in [7, 11) is 0. The number of aromatic nitrogens is 1. The molecule has 1 amide bonds. The summed E-state index contributed by atoms with van der Waals surface area (Å²) in [6.45, 7) is 3.76. The molecule has 3 N–H and O–H groups in total. The minimum Gasteiger partial charge on any atom is -0.507 e. The Hall–Kier alpha value is -2.34. The molecule has 6 heteroatoms. The van der Waals surface area contributed by atoms with E-state index in [0.717, 1.165) is 0 Å². The lowest BCUT2D eigenvalue weighted by molar-refractivity contribution is 0.0942. The van der Waals surface area contributed by atoms with Crippen molar-refractivity contribution in [1.82, 2.24) is 15.8 Å². The zero-order valence-corrected chi connectivity index (χ0v) is 12.0. The highest BCUT2D eigenvalue weighted by molar-refractivity contribution is 9.10. The molecule has 20 heavy (non-hydrogen) atoms. The number of nitrogens with one attached hydrogen (secondary N) is 2. The van der Waals surface area contributed by atoms with Gasteiger partial charge in [0.05, 0.1) is 11.3 Å². The van der Waals surface area contributed by atoms with E-state index in [1.807, 2.05) is 0 Å². The number of phenolic OH excluding ortho intramolecular Hbond substituents is 1. The van der Waals surface area contributed by atoms with E-state index in [-0.39, 0.29) is 11.7 Å². The van der Waals surface area contributed by atoms with Crippen LogP contribution >= 0.6 is 15.9 Å². The molecule has 102 valence electrons. The molecule has 0 aliphatic carbocycles. The van der Waals surface area contributed by atoms with Crippen molar-refractivity contribution in [3.05, 3.63) is 64.9 Å². The van der Waals surface area contributed by atoms with Crippen LogP contribution in [-0.2, 0) is 0 Å². The zero-order chi connectivity index (χ0) is 14.5. The average Bonchev–Trinajstić information content (AvgIpc) is 2.45. The Morgan fingerprint density at radius 3 is 2.70 bits per heavy atom. The summed E-state index contributed by atoms with van der Waals surface area (Å²) < 4.78 is 0.713. The fourth-order valence-electron chi connectivity index (χ4n) is 1.54. The van der Waals surface area contributed by atoms with Gasteiger partial charge in [0.25, 0.3) is 5.91 Å². The molecule has 0 unspecified atom stereocenters. The minimum absolute atomic E-state index is 0.0865. The van der Waals surface area contributed by atoms with Crippen LogP contribution in [0.15, 0.2) is 53.8 Å². The monoisotopic (exact) mass is 333 g/mol. The van der Waals surface area contributed by atoms with Crippen LogP contribution in [0.2, 0.25) is 0 Å².